The molecule has 0 aliphatic carbocycles. The topological polar surface area (TPSA) is 25.8 Å². The standard InChI is InChI=1S/C17H16N2Si/c1-20(15-7-3-2-4-8-15,16-9-5-11-18-13-16)17-10-6-12-19-14-17/h2-14H,1H3. The first-order valence-electron chi connectivity index (χ1n) is 6.68. The summed E-state index contributed by atoms with van der Waals surface area (Å²) >= 11 is 0. The molecular formula is C17H16N2Si. The van der Waals surface area contributed by atoms with Crippen LogP contribution in [0.3, 0.4) is 0 Å². The molecule has 3 aromatic rings. The predicted molar refractivity (Wildman–Crippen MR) is 85.4 cm³/mol. The molecule has 0 amide bonds. The van der Waals surface area contributed by atoms with Gasteiger partial charge in [0.05, 0.1) is 0 Å². The van der Waals surface area contributed by atoms with Crippen molar-refractivity contribution < 1.29 is 0 Å². The summed E-state index contributed by atoms with van der Waals surface area (Å²) in [5, 5.41) is 3.99. The second-order valence-electron chi connectivity index (χ2n) is 4.97. The zero-order valence-electron chi connectivity index (χ0n) is 11.4. The molecule has 0 spiro atoms. The van der Waals surface area contributed by atoms with Gasteiger partial charge in [0.2, 0.25) is 0 Å². The second kappa shape index (κ2) is 5.39. The molecule has 1 aromatic carbocycles. The Labute approximate surface area is 120 Å². The Balaban J connectivity index is 2.24. The third-order valence-electron chi connectivity index (χ3n) is 3.83. The molecular weight excluding hydrogens is 260 g/mol. The number of pyridine rings is 2. The highest BCUT2D eigenvalue weighted by Crippen LogP contribution is 2.05. The first-order valence-corrected chi connectivity index (χ1v) is 9.18. The van der Waals surface area contributed by atoms with E-state index in [2.05, 4.69) is 59.0 Å². The quantitative estimate of drug-likeness (QED) is 0.679. The lowest BCUT2D eigenvalue weighted by Gasteiger charge is -2.28. The summed E-state index contributed by atoms with van der Waals surface area (Å²) in [7, 11) is -2.00. The van der Waals surface area contributed by atoms with Crippen LogP contribution in [0, 0.1) is 0 Å². The van der Waals surface area contributed by atoms with Gasteiger partial charge in [-0.15, -0.1) is 0 Å². The normalized spacial score (nSPS) is 11.2. The largest absolute Gasteiger partial charge is 0.265 e. The molecule has 0 bridgehead atoms. The number of aromatic nitrogens is 2. The number of hydrogen-bond donors (Lipinski definition) is 0. The molecule has 0 radical (unpaired) electrons. The van der Waals surface area contributed by atoms with Crippen molar-refractivity contribution in [1.82, 2.24) is 9.97 Å². The lowest BCUT2D eigenvalue weighted by Crippen LogP contribution is -2.64. The maximum Gasteiger partial charge on any atom is 0.149 e. The van der Waals surface area contributed by atoms with Crippen LogP contribution in [0.4, 0.5) is 0 Å². The van der Waals surface area contributed by atoms with Crippen LogP contribution in [0.2, 0.25) is 6.55 Å². The minimum absolute atomic E-state index is 1.30. The van der Waals surface area contributed by atoms with Crippen LogP contribution in [-0.2, 0) is 0 Å². The van der Waals surface area contributed by atoms with Crippen molar-refractivity contribution >= 4 is 23.6 Å². The van der Waals surface area contributed by atoms with Crippen molar-refractivity contribution in [3.05, 3.63) is 79.4 Å². The Bertz CT molecular complexity index is 572. The maximum atomic E-state index is 4.32. The van der Waals surface area contributed by atoms with E-state index in [4.69, 9.17) is 0 Å². The van der Waals surface area contributed by atoms with Crippen LogP contribution in [0.1, 0.15) is 0 Å². The summed E-state index contributed by atoms with van der Waals surface area (Å²) in [6.07, 6.45) is 7.64. The van der Waals surface area contributed by atoms with E-state index in [1.54, 1.807) is 0 Å². The van der Waals surface area contributed by atoms with Gasteiger partial charge in [0, 0.05) is 24.8 Å². The van der Waals surface area contributed by atoms with Gasteiger partial charge in [-0.2, -0.15) is 0 Å². The van der Waals surface area contributed by atoms with Gasteiger partial charge in [-0.3, -0.25) is 9.97 Å². The zero-order valence-corrected chi connectivity index (χ0v) is 12.4. The van der Waals surface area contributed by atoms with E-state index in [1.807, 2.05) is 36.9 Å². The Morgan fingerprint density at radius 1 is 0.650 bits per heavy atom. The van der Waals surface area contributed by atoms with E-state index < -0.39 is 8.07 Å². The molecule has 0 N–H and O–H groups in total. The first kappa shape index (κ1) is 12.8. The highest BCUT2D eigenvalue weighted by Gasteiger charge is 2.34. The van der Waals surface area contributed by atoms with Crippen molar-refractivity contribution in [2.24, 2.45) is 0 Å². The van der Waals surface area contributed by atoms with Gasteiger partial charge in [0.15, 0.2) is 0 Å². The van der Waals surface area contributed by atoms with E-state index in [1.165, 1.54) is 15.6 Å². The van der Waals surface area contributed by atoms with Crippen molar-refractivity contribution in [2.45, 2.75) is 6.55 Å². The van der Waals surface area contributed by atoms with Gasteiger partial charge in [-0.05, 0) is 27.7 Å². The van der Waals surface area contributed by atoms with E-state index >= 15 is 0 Å². The molecule has 2 nitrogen and oxygen atoms in total. The molecule has 2 aromatic heterocycles. The third-order valence-corrected chi connectivity index (χ3v) is 8.22. The molecule has 0 atom stereocenters. The van der Waals surface area contributed by atoms with Gasteiger partial charge in [-0.1, -0.05) is 49.0 Å². The minimum atomic E-state index is -2.00. The van der Waals surface area contributed by atoms with Crippen LogP contribution in [0.15, 0.2) is 79.4 Å². The highest BCUT2D eigenvalue weighted by atomic mass is 28.3. The summed E-state index contributed by atoms with van der Waals surface area (Å²) in [6, 6.07) is 19.1. The van der Waals surface area contributed by atoms with E-state index in [0.717, 1.165) is 0 Å². The number of rotatable bonds is 3. The third kappa shape index (κ3) is 2.16. The molecule has 2 heterocycles. The molecule has 0 fully saturated rings. The summed E-state index contributed by atoms with van der Waals surface area (Å²) in [4.78, 5) is 8.63. The number of nitrogens with zero attached hydrogens (tertiary/aromatic N) is 2. The lowest BCUT2D eigenvalue weighted by molar-refractivity contribution is 1.33. The first-order chi connectivity index (χ1) is 9.82. The van der Waals surface area contributed by atoms with Crippen LogP contribution in [0.5, 0.6) is 0 Å². The Morgan fingerprint density at radius 2 is 1.15 bits per heavy atom. The summed E-state index contributed by atoms with van der Waals surface area (Å²) in [5.41, 5.74) is 0. The van der Waals surface area contributed by atoms with Crippen LogP contribution < -0.4 is 15.6 Å². The SMILES string of the molecule is C[Si](c1ccccc1)(c1cccnc1)c1cccnc1. The molecule has 0 aliphatic rings. The fourth-order valence-corrected chi connectivity index (χ4v) is 5.97. The molecule has 20 heavy (non-hydrogen) atoms. The summed E-state index contributed by atoms with van der Waals surface area (Å²) in [6.45, 7) is 2.36. The smallest absolute Gasteiger partial charge is 0.149 e. The van der Waals surface area contributed by atoms with Crippen LogP contribution in [-0.4, -0.2) is 18.0 Å². The number of benzene rings is 1. The summed E-state index contributed by atoms with van der Waals surface area (Å²) < 4.78 is 0. The molecule has 0 saturated carbocycles. The van der Waals surface area contributed by atoms with Gasteiger partial charge in [0.1, 0.15) is 8.07 Å². The van der Waals surface area contributed by atoms with Gasteiger partial charge in [0.25, 0.3) is 0 Å². The van der Waals surface area contributed by atoms with Crippen LogP contribution in [0.25, 0.3) is 0 Å². The molecule has 98 valence electrons. The molecule has 0 aliphatic heterocycles. The average molecular weight is 276 g/mol. The van der Waals surface area contributed by atoms with Crippen molar-refractivity contribution in [3.8, 4) is 0 Å². The van der Waals surface area contributed by atoms with Gasteiger partial charge >= 0.3 is 0 Å². The zero-order chi connectivity index (χ0) is 13.8. The van der Waals surface area contributed by atoms with Crippen molar-refractivity contribution in [3.63, 3.8) is 0 Å². The minimum Gasteiger partial charge on any atom is -0.265 e. The molecule has 3 heteroatoms. The maximum absolute atomic E-state index is 4.32. The average Bonchev–Trinajstić information content (AvgIpc) is 2.56. The molecule has 3 rings (SSSR count). The monoisotopic (exact) mass is 276 g/mol. The Morgan fingerprint density at radius 3 is 1.60 bits per heavy atom. The second-order valence-corrected chi connectivity index (χ2v) is 8.96. The van der Waals surface area contributed by atoms with E-state index in [-0.39, 0.29) is 0 Å². The molecule has 0 unspecified atom stereocenters. The van der Waals surface area contributed by atoms with E-state index in [0.29, 0.717) is 0 Å². The fourth-order valence-electron chi connectivity index (χ4n) is 2.59. The molecule has 0 saturated heterocycles. The Kier molecular flexibility index (Phi) is 3.44. The van der Waals surface area contributed by atoms with Crippen molar-refractivity contribution in [1.29, 1.82) is 0 Å². The van der Waals surface area contributed by atoms with E-state index in [9.17, 15) is 0 Å². The number of hydrogen-bond acceptors (Lipinski definition) is 2. The Hall–Kier alpha value is -2.26. The van der Waals surface area contributed by atoms with Crippen LogP contribution >= 0.6 is 0 Å². The van der Waals surface area contributed by atoms with Gasteiger partial charge in [-0.25, -0.2) is 0 Å². The van der Waals surface area contributed by atoms with Crippen molar-refractivity contribution in [2.75, 3.05) is 0 Å². The lowest BCUT2D eigenvalue weighted by atomic mass is 10.4. The summed E-state index contributed by atoms with van der Waals surface area (Å²) in [5.74, 6) is 0. The predicted octanol–water partition coefficient (Wildman–Crippen LogP) is 1.58. The fraction of sp³-hybridized carbons (Fsp3) is 0.0588. The highest BCUT2D eigenvalue weighted by molar-refractivity contribution is 7.10. The van der Waals surface area contributed by atoms with Gasteiger partial charge < -0.3 is 0 Å².